The van der Waals surface area contributed by atoms with Crippen LogP contribution in [0.25, 0.3) is 11.1 Å². The van der Waals surface area contributed by atoms with Crippen LogP contribution in [0.1, 0.15) is 36.1 Å². The van der Waals surface area contributed by atoms with E-state index in [1.165, 1.54) is 22.3 Å². The predicted octanol–water partition coefficient (Wildman–Crippen LogP) is 4.37. The Bertz CT molecular complexity index is 356. The molecule has 0 spiro atoms. The molecule has 0 aliphatic rings. The molecular formula is C14H18. The first-order chi connectivity index (χ1) is 6.45. The van der Waals surface area contributed by atoms with Gasteiger partial charge in [0.25, 0.3) is 0 Å². The zero-order chi connectivity index (χ0) is 10.9. The second-order valence-corrected chi connectivity index (χ2v) is 4.01. The molecule has 0 saturated heterocycles. The number of benzene rings is 1. The highest BCUT2D eigenvalue weighted by atomic mass is 14.1. The maximum atomic E-state index is 4.03. The lowest BCUT2D eigenvalue weighted by Gasteiger charge is -2.15. The molecule has 1 aromatic rings. The van der Waals surface area contributed by atoms with E-state index >= 15 is 0 Å². The summed E-state index contributed by atoms with van der Waals surface area (Å²) in [6, 6.07) is 4.29. The van der Waals surface area contributed by atoms with Gasteiger partial charge in [0.15, 0.2) is 0 Å². The topological polar surface area (TPSA) is 0 Å². The quantitative estimate of drug-likeness (QED) is 0.643. The summed E-state index contributed by atoms with van der Waals surface area (Å²) in [6.45, 7) is 16.4. The van der Waals surface area contributed by atoms with E-state index in [4.69, 9.17) is 0 Å². The maximum absolute atomic E-state index is 4.03. The minimum absolute atomic E-state index is 1.12. The molecule has 1 rings (SSSR count). The summed E-state index contributed by atoms with van der Waals surface area (Å²) in [5.74, 6) is 0. The number of rotatable bonds is 2. The average molecular weight is 186 g/mol. The molecule has 1 aromatic carbocycles. The van der Waals surface area contributed by atoms with Crippen LogP contribution in [0, 0.1) is 13.8 Å². The second-order valence-electron chi connectivity index (χ2n) is 4.01. The number of hydrogen-bond acceptors (Lipinski definition) is 0. The zero-order valence-electron chi connectivity index (χ0n) is 9.57. The van der Waals surface area contributed by atoms with Crippen molar-refractivity contribution in [3.8, 4) is 0 Å². The monoisotopic (exact) mass is 186 g/mol. The van der Waals surface area contributed by atoms with Gasteiger partial charge >= 0.3 is 0 Å². The lowest BCUT2D eigenvalue weighted by molar-refractivity contribution is 1.32. The summed E-state index contributed by atoms with van der Waals surface area (Å²) in [7, 11) is 0. The van der Waals surface area contributed by atoms with Gasteiger partial charge in [0, 0.05) is 0 Å². The fraction of sp³-hybridized carbons (Fsp3) is 0.286. The van der Waals surface area contributed by atoms with E-state index in [0.29, 0.717) is 0 Å². The van der Waals surface area contributed by atoms with E-state index in [-0.39, 0.29) is 0 Å². The van der Waals surface area contributed by atoms with Crippen molar-refractivity contribution in [3.63, 3.8) is 0 Å². The number of allylic oxidation sites excluding steroid dienone is 2. The van der Waals surface area contributed by atoms with Crippen LogP contribution >= 0.6 is 0 Å². The maximum Gasteiger partial charge on any atom is -0.0126 e. The van der Waals surface area contributed by atoms with Crippen molar-refractivity contribution < 1.29 is 0 Å². The molecule has 0 aromatic heterocycles. The Morgan fingerprint density at radius 1 is 0.857 bits per heavy atom. The Balaban J connectivity index is 3.58. The minimum Gasteiger partial charge on any atom is -0.0955 e. The molecule has 0 amide bonds. The molecule has 0 bridgehead atoms. The van der Waals surface area contributed by atoms with Crippen LogP contribution < -0.4 is 0 Å². The smallest absolute Gasteiger partial charge is 0.0126 e. The molecule has 0 saturated carbocycles. The number of aryl methyl sites for hydroxylation is 2. The predicted molar refractivity (Wildman–Crippen MR) is 65.3 cm³/mol. The van der Waals surface area contributed by atoms with Crippen LogP contribution in [0.15, 0.2) is 25.3 Å². The third kappa shape index (κ3) is 1.79. The Morgan fingerprint density at radius 2 is 1.14 bits per heavy atom. The first kappa shape index (κ1) is 10.8. The standard InChI is InChI=1S/C14H18/c1-9(2)13-11(5)7-8-12(6)14(13)10(3)4/h7-8H,1,3H2,2,4-6H3. The first-order valence-corrected chi connectivity index (χ1v) is 4.87. The van der Waals surface area contributed by atoms with Crippen LogP contribution in [0.3, 0.4) is 0 Å². The molecule has 14 heavy (non-hydrogen) atoms. The normalized spacial score (nSPS) is 10.0. The van der Waals surface area contributed by atoms with Crippen molar-refractivity contribution in [2.75, 3.05) is 0 Å². The lowest BCUT2D eigenvalue weighted by Crippen LogP contribution is -1.95. The van der Waals surface area contributed by atoms with Gasteiger partial charge in [0.05, 0.1) is 0 Å². The lowest BCUT2D eigenvalue weighted by atomic mass is 9.90. The second kappa shape index (κ2) is 3.83. The fourth-order valence-electron chi connectivity index (χ4n) is 1.91. The van der Waals surface area contributed by atoms with Crippen LogP contribution in [-0.2, 0) is 0 Å². The molecule has 0 atom stereocenters. The number of hydrogen-bond donors (Lipinski definition) is 0. The highest BCUT2D eigenvalue weighted by molar-refractivity contribution is 5.80. The summed E-state index contributed by atoms with van der Waals surface area (Å²) in [6.07, 6.45) is 0. The van der Waals surface area contributed by atoms with Gasteiger partial charge in [-0.25, -0.2) is 0 Å². The molecule has 0 nitrogen and oxygen atoms in total. The van der Waals surface area contributed by atoms with E-state index in [9.17, 15) is 0 Å². The highest BCUT2D eigenvalue weighted by Crippen LogP contribution is 2.29. The molecule has 0 radical (unpaired) electrons. The van der Waals surface area contributed by atoms with Gasteiger partial charge < -0.3 is 0 Å². The Kier molecular flexibility index (Phi) is 2.95. The Morgan fingerprint density at radius 3 is 1.36 bits per heavy atom. The van der Waals surface area contributed by atoms with Gasteiger partial charge in [-0.2, -0.15) is 0 Å². The molecule has 0 heterocycles. The summed E-state index contributed by atoms with van der Waals surface area (Å²) < 4.78 is 0. The van der Waals surface area contributed by atoms with Crippen molar-refractivity contribution in [2.24, 2.45) is 0 Å². The average Bonchev–Trinajstić information content (AvgIpc) is 2.07. The zero-order valence-corrected chi connectivity index (χ0v) is 9.57. The van der Waals surface area contributed by atoms with Gasteiger partial charge in [-0.05, 0) is 49.9 Å². The molecule has 74 valence electrons. The Labute approximate surface area is 87.0 Å². The van der Waals surface area contributed by atoms with Gasteiger partial charge in [-0.15, -0.1) is 0 Å². The molecule has 0 aliphatic heterocycles. The third-order valence-electron chi connectivity index (χ3n) is 2.48. The fourth-order valence-corrected chi connectivity index (χ4v) is 1.91. The van der Waals surface area contributed by atoms with E-state index in [0.717, 1.165) is 11.1 Å². The summed E-state index contributed by atoms with van der Waals surface area (Å²) in [4.78, 5) is 0. The van der Waals surface area contributed by atoms with Crippen molar-refractivity contribution >= 4 is 11.1 Å². The molecule has 0 fully saturated rings. The van der Waals surface area contributed by atoms with Gasteiger partial charge in [-0.1, -0.05) is 36.4 Å². The van der Waals surface area contributed by atoms with E-state index in [2.05, 4.69) is 39.1 Å². The first-order valence-electron chi connectivity index (χ1n) is 4.87. The van der Waals surface area contributed by atoms with Crippen molar-refractivity contribution in [2.45, 2.75) is 27.7 Å². The van der Waals surface area contributed by atoms with Gasteiger partial charge in [0.2, 0.25) is 0 Å². The van der Waals surface area contributed by atoms with Crippen LogP contribution in [0.5, 0.6) is 0 Å². The molecule has 0 N–H and O–H groups in total. The summed E-state index contributed by atoms with van der Waals surface area (Å²) in [5.41, 5.74) is 7.31. The van der Waals surface area contributed by atoms with Crippen molar-refractivity contribution in [3.05, 3.63) is 47.5 Å². The SMILES string of the molecule is C=C(C)c1c(C)ccc(C)c1C(=C)C. The van der Waals surface area contributed by atoms with Gasteiger partial charge in [0.1, 0.15) is 0 Å². The van der Waals surface area contributed by atoms with Crippen LogP contribution in [0.2, 0.25) is 0 Å². The molecular weight excluding hydrogens is 168 g/mol. The summed E-state index contributed by atoms with van der Waals surface area (Å²) >= 11 is 0. The van der Waals surface area contributed by atoms with Crippen LogP contribution in [-0.4, -0.2) is 0 Å². The largest absolute Gasteiger partial charge is 0.0955 e. The molecule has 0 heteroatoms. The van der Waals surface area contributed by atoms with E-state index in [1.807, 2.05) is 13.8 Å². The molecule has 0 unspecified atom stereocenters. The minimum atomic E-state index is 1.12. The third-order valence-corrected chi connectivity index (χ3v) is 2.48. The Hall–Kier alpha value is -1.30. The van der Waals surface area contributed by atoms with Gasteiger partial charge in [-0.3, -0.25) is 0 Å². The molecule has 0 aliphatic carbocycles. The van der Waals surface area contributed by atoms with Crippen molar-refractivity contribution in [1.29, 1.82) is 0 Å². The van der Waals surface area contributed by atoms with Crippen LogP contribution in [0.4, 0.5) is 0 Å². The van der Waals surface area contributed by atoms with E-state index < -0.39 is 0 Å². The highest BCUT2D eigenvalue weighted by Gasteiger charge is 2.09. The summed E-state index contributed by atoms with van der Waals surface area (Å²) in [5, 5.41) is 0. The van der Waals surface area contributed by atoms with Crippen molar-refractivity contribution in [1.82, 2.24) is 0 Å². The van der Waals surface area contributed by atoms with E-state index in [1.54, 1.807) is 0 Å².